The molecule has 16 heavy (non-hydrogen) atoms. The lowest BCUT2D eigenvalue weighted by atomic mass is 10.3. The van der Waals surface area contributed by atoms with Gasteiger partial charge in [-0.1, -0.05) is 0 Å². The van der Waals surface area contributed by atoms with Gasteiger partial charge in [-0.3, -0.25) is 9.89 Å². The van der Waals surface area contributed by atoms with E-state index >= 15 is 0 Å². The van der Waals surface area contributed by atoms with Gasteiger partial charge < -0.3 is 10.8 Å². The molecule has 0 amide bonds. The number of rotatable bonds is 6. The van der Waals surface area contributed by atoms with Crippen molar-refractivity contribution >= 4 is 21.8 Å². The third kappa shape index (κ3) is 3.87. The zero-order valence-corrected chi connectivity index (χ0v) is 9.12. The van der Waals surface area contributed by atoms with Crippen LogP contribution in [0.1, 0.15) is 12.0 Å². The van der Waals surface area contributed by atoms with Crippen molar-refractivity contribution in [2.45, 2.75) is 13.0 Å². The molecule has 0 aliphatic rings. The third-order valence-corrected chi connectivity index (χ3v) is 3.14. The molecule has 0 unspecified atom stereocenters. The van der Waals surface area contributed by atoms with Crippen LogP contribution in [0.2, 0.25) is 0 Å². The van der Waals surface area contributed by atoms with Gasteiger partial charge in [0.15, 0.2) is 0 Å². The van der Waals surface area contributed by atoms with Crippen LogP contribution < -0.4 is 10.5 Å². The summed E-state index contributed by atoms with van der Waals surface area (Å²) in [5.74, 6) is -1.34. The van der Waals surface area contributed by atoms with Crippen LogP contribution in [0.25, 0.3) is 0 Å². The minimum absolute atomic E-state index is 0.00964. The molecule has 0 atom stereocenters. The van der Waals surface area contributed by atoms with Crippen molar-refractivity contribution in [2.75, 3.05) is 11.5 Å². The van der Waals surface area contributed by atoms with Crippen molar-refractivity contribution in [3.05, 3.63) is 11.8 Å². The molecule has 0 fully saturated rings. The van der Waals surface area contributed by atoms with E-state index in [1.165, 1.54) is 6.20 Å². The smallest absolute Gasteiger partial charge is 0.304 e. The predicted molar refractivity (Wildman–Crippen MR) is 55.9 cm³/mol. The van der Waals surface area contributed by atoms with Crippen molar-refractivity contribution in [1.82, 2.24) is 14.9 Å². The van der Waals surface area contributed by atoms with Crippen LogP contribution in [0.15, 0.2) is 6.20 Å². The van der Waals surface area contributed by atoms with Gasteiger partial charge in [0.25, 0.3) is 0 Å². The van der Waals surface area contributed by atoms with E-state index in [0.717, 1.165) is 0 Å². The van der Waals surface area contributed by atoms with Crippen molar-refractivity contribution in [2.24, 2.45) is 0 Å². The summed E-state index contributed by atoms with van der Waals surface area (Å²) in [6, 6.07) is 0. The number of aliphatic carboxylic acids is 1. The Labute approximate surface area is 91.9 Å². The molecule has 0 aliphatic heterocycles. The van der Waals surface area contributed by atoms with Crippen LogP contribution >= 0.6 is 0 Å². The van der Waals surface area contributed by atoms with E-state index in [-0.39, 0.29) is 12.4 Å². The molecule has 0 bridgehead atoms. The lowest BCUT2D eigenvalue weighted by Crippen LogP contribution is -2.27. The standard InChI is InChI=1S/C7H12N4O4S/c8-7-5(3-9-11-7)4-10-16(14,15)2-1-6(12)13/h3,10H,1-2,4H2,(H,12,13)(H3,8,9,11). The fourth-order valence-electron chi connectivity index (χ4n) is 0.944. The van der Waals surface area contributed by atoms with E-state index in [1.807, 2.05) is 0 Å². The summed E-state index contributed by atoms with van der Waals surface area (Å²) in [7, 11) is -3.60. The molecule has 5 N–H and O–H groups in total. The fourth-order valence-corrected chi connectivity index (χ4v) is 1.91. The molecule has 0 radical (unpaired) electrons. The van der Waals surface area contributed by atoms with Gasteiger partial charge in [-0.15, -0.1) is 0 Å². The molecule has 0 aliphatic carbocycles. The zero-order chi connectivity index (χ0) is 12.2. The number of anilines is 1. The summed E-state index contributed by atoms with van der Waals surface area (Å²) in [6.45, 7) is -0.00964. The van der Waals surface area contributed by atoms with E-state index in [2.05, 4.69) is 14.9 Å². The number of nitrogens with two attached hydrogens (primary N) is 1. The molecule has 0 saturated heterocycles. The number of nitrogens with zero attached hydrogens (tertiary/aromatic N) is 1. The number of aromatic nitrogens is 2. The number of sulfonamides is 1. The molecule has 1 heterocycles. The fraction of sp³-hybridized carbons (Fsp3) is 0.429. The summed E-state index contributed by atoms with van der Waals surface area (Å²) >= 11 is 0. The van der Waals surface area contributed by atoms with Crippen LogP contribution in [0.5, 0.6) is 0 Å². The lowest BCUT2D eigenvalue weighted by Gasteiger charge is -2.04. The molecule has 9 heteroatoms. The van der Waals surface area contributed by atoms with Crippen LogP contribution in [0.3, 0.4) is 0 Å². The molecule has 90 valence electrons. The SMILES string of the molecule is Nc1[nH]ncc1CNS(=O)(=O)CCC(=O)O. The number of hydrogen-bond acceptors (Lipinski definition) is 5. The highest BCUT2D eigenvalue weighted by Crippen LogP contribution is 2.05. The normalized spacial score (nSPS) is 11.5. The first-order valence-corrected chi connectivity index (χ1v) is 6.03. The Bertz CT molecular complexity index is 466. The zero-order valence-electron chi connectivity index (χ0n) is 8.30. The maximum absolute atomic E-state index is 11.3. The number of carbonyl (C=O) groups is 1. The Kier molecular flexibility index (Phi) is 3.85. The van der Waals surface area contributed by atoms with E-state index in [0.29, 0.717) is 5.56 Å². The molecular weight excluding hydrogens is 236 g/mol. The van der Waals surface area contributed by atoms with Crippen molar-refractivity contribution in [3.63, 3.8) is 0 Å². The highest BCUT2D eigenvalue weighted by Gasteiger charge is 2.13. The second kappa shape index (κ2) is 4.94. The van der Waals surface area contributed by atoms with Gasteiger partial charge in [0.1, 0.15) is 5.82 Å². The first-order valence-electron chi connectivity index (χ1n) is 4.37. The molecule has 1 rings (SSSR count). The van der Waals surface area contributed by atoms with Crippen LogP contribution in [0, 0.1) is 0 Å². The molecular formula is C7H12N4O4S. The second-order valence-corrected chi connectivity index (χ2v) is 5.02. The Morgan fingerprint density at radius 3 is 2.81 bits per heavy atom. The summed E-state index contributed by atoms with van der Waals surface area (Å²) in [6.07, 6.45) is 0.964. The number of nitrogens with one attached hydrogen (secondary N) is 2. The highest BCUT2D eigenvalue weighted by molar-refractivity contribution is 7.89. The maximum Gasteiger partial charge on any atom is 0.304 e. The lowest BCUT2D eigenvalue weighted by molar-refractivity contribution is -0.136. The minimum atomic E-state index is -3.60. The largest absolute Gasteiger partial charge is 0.481 e. The van der Waals surface area contributed by atoms with Gasteiger partial charge in [-0.25, -0.2) is 13.1 Å². The third-order valence-electron chi connectivity index (χ3n) is 1.82. The Hall–Kier alpha value is -1.61. The van der Waals surface area contributed by atoms with Gasteiger partial charge in [-0.2, -0.15) is 5.10 Å². The second-order valence-electron chi connectivity index (χ2n) is 3.09. The van der Waals surface area contributed by atoms with E-state index in [4.69, 9.17) is 10.8 Å². The molecule has 1 aromatic heterocycles. The minimum Gasteiger partial charge on any atom is -0.481 e. The average Bonchev–Trinajstić information content (AvgIpc) is 2.59. The summed E-state index contributed by atoms with van der Waals surface area (Å²) in [5.41, 5.74) is 5.96. The Morgan fingerprint density at radius 2 is 2.31 bits per heavy atom. The van der Waals surface area contributed by atoms with Gasteiger partial charge >= 0.3 is 5.97 Å². The topological polar surface area (TPSA) is 138 Å². The number of H-pyrrole nitrogens is 1. The first-order chi connectivity index (χ1) is 7.41. The van der Waals surface area contributed by atoms with Gasteiger partial charge in [0.2, 0.25) is 10.0 Å². The predicted octanol–water partition coefficient (Wildman–Crippen LogP) is -1.11. The van der Waals surface area contributed by atoms with E-state index in [1.54, 1.807) is 0 Å². The first kappa shape index (κ1) is 12.5. The van der Waals surface area contributed by atoms with Gasteiger partial charge in [0, 0.05) is 12.1 Å². The van der Waals surface area contributed by atoms with Crippen LogP contribution in [-0.4, -0.2) is 35.4 Å². The van der Waals surface area contributed by atoms with Crippen molar-refractivity contribution in [3.8, 4) is 0 Å². The average molecular weight is 248 g/mol. The van der Waals surface area contributed by atoms with Crippen LogP contribution in [0.4, 0.5) is 5.82 Å². The quantitative estimate of drug-likeness (QED) is 0.503. The van der Waals surface area contributed by atoms with Crippen molar-refractivity contribution < 1.29 is 18.3 Å². The highest BCUT2D eigenvalue weighted by atomic mass is 32.2. The molecule has 0 spiro atoms. The monoisotopic (exact) mass is 248 g/mol. The van der Waals surface area contributed by atoms with Crippen molar-refractivity contribution in [1.29, 1.82) is 0 Å². The summed E-state index contributed by atoms with van der Waals surface area (Å²) < 4.78 is 24.8. The molecule has 0 saturated carbocycles. The van der Waals surface area contributed by atoms with Crippen LogP contribution in [-0.2, 0) is 21.4 Å². The van der Waals surface area contributed by atoms with Gasteiger partial charge in [0.05, 0.1) is 18.4 Å². The van der Waals surface area contributed by atoms with Gasteiger partial charge in [-0.05, 0) is 0 Å². The Balaban J connectivity index is 2.48. The number of aromatic amines is 1. The van der Waals surface area contributed by atoms with E-state index < -0.39 is 28.2 Å². The van der Waals surface area contributed by atoms with E-state index in [9.17, 15) is 13.2 Å². The summed E-state index contributed by atoms with van der Waals surface area (Å²) in [4.78, 5) is 10.2. The number of carboxylic acids is 1. The molecule has 0 aromatic carbocycles. The molecule has 1 aromatic rings. The maximum atomic E-state index is 11.3. The molecule has 8 nitrogen and oxygen atoms in total. The number of nitrogen functional groups attached to an aromatic ring is 1. The number of carboxylic acid groups (broad SMARTS) is 1. The Morgan fingerprint density at radius 1 is 1.62 bits per heavy atom. The number of hydrogen-bond donors (Lipinski definition) is 4. The summed E-state index contributed by atoms with van der Waals surface area (Å²) in [5, 5.41) is 14.4.